The van der Waals surface area contributed by atoms with Gasteiger partial charge in [0.2, 0.25) is 5.91 Å². The molecule has 25 heavy (non-hydrogen) atoms. The Hall–Kier alpha value is -2.62. The Kier molecular flexibility index (Phi) is 7.37. The van der Waals surface area contributed by atoms with Gasteiger partial charge in [0.25, 0.3) is 0 Å². The summed E-state index contributed by atoms with van der Waals surface area (Å²) in [6, 6.07) is 6.58. The van der Waals surface area contributed by atoms with Crippen molar-refractivity contribution in [3.63, 3.8) is 0 Å². The van der Waals surface area contributed by atoms with Gasteiger partial charge in [0.15, 0.2) is 0 Å². The van der Waals surface area contributed by atoms with Gasteiger partial charge in [0.05, 0.1) is 13.5 Å². The Labute approximate surface area is 141 Å². The summed E-state index contributed by atoms with van der Waals surface area (Å²) in [7, 11) is 2.37. The van der Waals surface area contributed by atoms with Crippen LogP contribution in [0.15, 0.2) is 30.3 Å². The molecule has 0 spiro atoms. The van der Waals surface area contributed by atoms with Gasteiger partial charge in [-0.2, -0.15) is 13.2 Å². The molecule has 1 rings (SSSR count). The lowest BCUT2D eigenvalue weighted by Gasteiger charge is -2.20. The molecule has 2 amide bonds. The number of hydrogen-bond acceptors (Lipinski definition) is 5. The van der Waals surface area contributed by atoms with Crippen LogP contribution in [0.2, 0.25) is 0 Å². The minimum absolute atomic E-state index is 0.216. The molecule has 0 unspecified atom stereocenters. The largest absolute Gasteiger partial charge is 0.471 e. The van der Waals surface area contributed by atoms with E-state index in [9.17, 15) is 27.6 Å². The number of carbonyl (C=O) groups is 3. The van der Waals surface area contributed by atoms with Crippen molar-refractivity contribution in [2.45, 2.75) is 25.2 Å². The van der Waals surface area contributed by atoms with Gasteiger partial charge in [-0.25, -0.2) is 9.86 Å². The van der Waals surface area contributed by atoms with Crippen molar-refractivity contribution in [1.29, 1.82) is 0 Å². The van der Waals surface area contributed by atoms with Crippen LogP contribution in [0.3, 0.4) is 0 Å². The average Bonchev–Trinajstić information content (AvgIpc) is 2.58. The fourth-order valence-corrected chi connectivity index (χ4v) is 1.67. The molecule has 1 N–H and O–H groups in total. The second kappa shape index (κ2) is 9.02. The number of alkyl halides is 3. The maximum atomic E-state index is 12.4. The van der Waals surface area contributed by atoms with E-state index in [-0.39, 0.29) is 6.61 Å². The van der Waals surface area contributed by atoms with Crippen LogP contribution in [0.5, 0.6) is 0 Å². The minimum atomic E-state index is -5.20. The molecule has 1 aromatic carbocycles. The third kappa shape index (κ3) is 6.79. The van der Waals surface area contributed by atoms with E-state index in [0.717, 1.165) is 12.2 Å². The van der Waals surface area contributed by atoms with Crippen LogP contribution in [-0.4, -0.2) is 49.2 Å². The lowest BCUT2D eigenvalue weighted by Crippen LogP contribution is -2.49. The fourth-order valence-electron chi connectivity index (χ4n) is 1.67. The van der Waals surface area contributed by atoms with E-state index in [1.807, 2.05) is 0 Å². The van der Waals surface area contributed by atoms with Crippen LogP contribution in [0.25, 0.3) is 0 Å². The molecule has 0 aliphatic carbocycles. The molecule has 0 heterocycles. The number of halogens is 3. The van der Waals surface area contributed by atoms with Crippen molar-refractivity contribution in [1.82, 2.24) is 10.4 Å². The smallest absolute Gasteiger partial charge is 0.459 e. The Bertz CT molecular complexity index is 607. The molecule has 1 atom stereocenters. The van der Waals surface area contributed by atoms with E-state index < -0.39 is 36.4 Å². The maximum Gasteiger partial charge on any atom is 0.471 e. The Morgan fingerprint density at radius 1 is 1.20 bits per heavy atom. The summed E-state index contributed by atoms with van der Waals surface area (Å²) in [6.45, 7) is -0.216. The SMILES string of the molecule is CON(C)C(=O)C[C@H](NC(=O)C(F)(F)F)C(=O)OCc1ccccc1. The highest BCUT2D eigenvalue weighted by Crippen LogP contribution is 2.15. The summed E-state index contributed by atoms with van der Waals surface area (Å²) in [6.07, 6.45) is -5.95. The molecule has 7 nitrogen and oxygen atoms in total. The number of esters is 1. The molecule has 0 radical (unpaired) electrons. The lowest BCUT2D eigenvalue weighted by molar-refractivity contribution is -0.178. The number of carbonyl (C=O) groups excluding carboxylic acids is 3. The van der Waals surface area contributed by atoms with Crippen molar-refractivity contribution >= 4 is 17.8 Å². The van der Waals surface area contributed by atoms with Gasteiger partial charge < -0.3 is 10.1 Å². The zero-order valence-corrected chi connectivity index (χ0v) is 13.5. The number of amides is 2. The van der Waals surface area contributed by atoms with Crippen LogP contribution in [-0.2, 0) is 30.6 Å². The predicted molar refractivity (Wildman–Crippen MR) is 78.6 cm³/mol. The van der Waals surface area contributed by atoms with Gasteiger partial charge >= 0.3 is 18.1 Å². The normalized spacial score (nSPS) is 12.2. The second-order valence-corrected chi connectivity index (χ2v) is 4.90. The maximum absolute atomic E-state index is 12.4. The lowest BCUT2D eigenvalue weighted by atomic mass is 10.2. The minimum Gasteiger partial charge on any atom is -0.459 e. The summed E-state index contributed by atoms with van der Waals surface area (Å²) < 4.78 is 42.1. The van der Waals surface area contributed by atoms with E-state index in [4.69, 9.17) is 4.74 Å². The van der Waals surface area contributed by atoms with Crippen molar-refractivity contribution in [2.75, 3.05) is 14.2 Å². The first-order valence-corrected chi connectivity index (χ1v) is 7.04. The Morgan fingerprint density at radius 2 is 1.80 bits per heavy atom. The fraction of sp³-hybridized carbons (Fsp3) is 0.400. The van der Waals surface area contributed by atoms with Crippen LogP contribution in [0.4, 0.5) is 13.2 Å². The van der Waals surface area contributed by atoms with Crippen LogP contribution in [0, 0.1) is 0 Å². The zero-order valence-electron chi connectivity index (χ0n) is 13.5. The number of benzene rings is 1. The number of nitrogens with one attached hydrogen (secondary N) is 1. The molecular formula is C15H17F3N2O5. The molecule has 0 fully saturated rings. The molecule has 0 aliphatic rings. The molecule has 0 aromatic heterocycles. The molecule has 10 heteroatoms. The molecule has 0 aliphatic heterocycles. The summed E-state index contributed by atoms with van der Waals surface area (Å²) in [5.74, 6) is -4.33. The Balaban J connectivity index is 2.79. The number of ether oxygens (including phenoxy) is 1. The van der Waals surface area contributed by atoms with Gasteiger partial charge in [-0.3, -0.25) is 14.4 Å². The van der Waals surface area contributed by atoms with Gasteiger partial charge in [-0.05, 0) is 5.56 Å². The van der Waals surface area contributed by atoms with Crippen LogP contribution < -0.4 is 5.32 Å². The van der Waals surface area contributed by atoms with Gasteiger partial charge in [-0.15, -0.1) is 0 Å². The van der Waals surface area contributed by atoms with Crippen LogP contribution >= 0.6 is 0 Å². The third-order valence-electron chi connectivity index (χ3n) is 3.08. The number of nitrogens with zero attached hydrogens (tertiary/aromatic N) is 1. The van der Waals surface area contributed by atoms with E-state index in [1.165, 1.54) is 12.4 Å². The monoisotopic (exact) mass is 362 g/mol. The second-order valence-electron chi connectivity index (χ2n) is 4.90. The van der Waals surface area contributed by atoms with Crippen molar-refractivity contribution in [3.8, 4) is 0 Å². The first-order chi connectivity index (χ1) is 11.6. The van der Waals surface area contributed by atoms with Crippen molar-refractivity contribution in [3.05, 3.63) is 35.9 Å². The number of hydrogen-bond donors (Lipinski definition) is 1. The predicted octanol–water partition coefficient (Wildman–Crippen LogP) is 1.19. The molecule has 0 saturated heterocycles. The first kappa shape index (κ1) is 20.4. The Morgan fingerprint density at radius 3 is 2.32 bits per heavy atom. The standard InChI is InChI=1S/C15H17F3N2O5/c1-20(24-2)12(21)8-11(19-14(23)15(16,17)18)13(22)25-9-10-6-4-3-5-7-10/h3-7,11H,8-9H2,1-2H3,(H,19,23)/t11-/m0/s1. The summed E-state index contributed by atoms with van der Waals surface area (Å²) in [5, 5.41) is 2.18. The molecule has 1 aromatic rings. The number of hydroxylamine groups is 2. The quantitative estimate of drug-likeness (QED) is 0.582. The summed E-state index contributed by atoms with van der Waals surface area (Å²) >= 11 is 0. The molecule has 138 valence electrons. The highest BCUT2D eigenvalue weighted by Gasteiger charge is 2.41. The van der Waals surface area contributed by atoms with E-state index in [1.54, 1.807) is 30.3 Å². The number of rotatable bonds is 7. The first-order valence-electron chi connectivity index (χ1n) is 7.04. The molecule has 0 saturated carbocycles. The summed E-state index contributed by atoms with van der Waals surface area (Å²) in [5.41, 5.74) is 0.595. The van der Waals surface area contributed by atoms with Gasteiger partial charge in [0, 0.05) is 7.05 Å². The van der Waals surface area contributed by atoms with Crippen molar-refractivity contribution < 1.29 is 37.1 Å². The molecule has 0 bridgehead atoms. The van der Waals surface area contributed by atoms with E-state index >= 15 is 0 Å². The van der Waals surface area contributed by atoms with Gasteiger partial charge in [0.1, 0.15) is 12.6 Å². The van der Waals surface area contributed by atoms with E-state index in [0.29, 0.717) is 5.56 Å². The average molecular weight is 362 g/mol. The molecular weight excluding hydrogens is 345 g/mol. The van der Waals surface area contributed by atoms with E-state index in [2.05, 4.69) is 4.84 Å². The van der Waals surface area contributed by atoms with Crippen molar-refractivity contribution in [2.24, 2.45) is 0 Å². The summed E-state index contributed by atoms with van der Waals surface area (Å²) in [4.78, 5) is 39.4. The zero-order chi connectivity index (χ0) is 19.0. The van der Waals surface area contributed by atoms with Crippen LogP contribution in [0.1, 0.15) is 12.0 Å². The van der Waals surface area contributed by atoms with Gasteiger partial charge in [-0.1, -0.05) is 30.3 Å². The highest BCUT2D eigenvalue weighted by atomic mass is 19.4. The third-order valence-corrected chi connectivity index (χ3v) is 3.08. The topological polar surface area (TPSA) is 84.9 Å². The highest BCUT2D eigenvalue weighted by molar-refractivity contribution is 5.90.